The number of rotatable bonds is 5. The van der Waals surface area contributed by atoms with E-state index in [1.807, 2.05) is 0 Å². The summed E-state index contributed by atoms with van der Waals surface area (Å²) in [6.45, 7) is 5.40. The Morgan fingerprint density at radius 1 is 1.16 bits per heavy atom. The first kappa shape index (κ1) is 25.9. The molecule has 4 rings (SSSR count). The molecular formula is C24H23F4N5O4. The summed E-state index contributed by atoms with van der Waals surface area (Å²) in [6, 6.07) is 5.93. The van der Waals surface area contributed by atoms with E-state index in [2.05, 4.69) is 20.3 Å². The molecule has 4 aromatic rings. The van der Waals surface area contributed by atoms with E-state index in [1.54, 1.807) is 39.8 Å². The van der Waals surface area contributed by atoms with Crippen LogP contribution in [0.5, 0.6) is 0 Å². The number of pyridine rings is 1. The molecule has 1 atom stereocenters. The second kappa shape index (κ2) is 9.05. The van der Waals surface area contributed by atoms with Crippen LogP contribution in [0.1, 0.15) is 49.8 Å². The number of hydrogen-bond donors (Lipinski definition) is 3. The number of halogens is 4. The molecule has 1 amide bonds. The maximum Gasteiger partial charge on any atom is 0.408 e. The first-order chi connectivity index (χ1) is 17.1. The highest BCUT2D eigenvalue weighted by Gasteiger charge is 2.31. The zero-order valence-electron chi connectivity index (χ0n) is 20.2. The number of nitrogens with one attached hydrogen (secondary N) is 2. The van der Waals surface area contributed by atoms with Crippen molar-refractivity contribution in [3.63, 3.8) is 0 Å². The third kappa shape index (κ3) is 5.65. The van der Waals surface area contributed by atoms with Crippen LogP contribution in [0.3, 0.4) is 0 Å². The number of carboxylic acids is 1. The van der Waals surface area contributed by atoms with Gasteiger partial charge >= 0.3 is 18.2 Å². The van der Waals surface area contributed by atoms with Gasteiger partial charge in [0.15, 0.2) is 5.82 Å². The Bertz CT molecular complexity index is 1520. The summed E-state index contributed by atoms with van der Waals surface area (Å²) >= 11 is 0. The third-order valence-electron chi connectivity index (χ3n) is 5.32. The predicted octanol–water partition coefficient (Wildman–Crippen LogP) is 5.56. The summed E-state index contributed by atoms with van der Waals surface area (Å²) in [5.74, 6) is -2.92. The molecule has 0 radical (unpaired) electrons. The summed E-state index contributed by atoms with van der Waals surface area (Å²) < 4.78 is 60.5. The van der Waals surface area contributed by atoms with Crippen LogP contribution in [0.4, 0.5) is 22.4 Å². The molecule has 0 saturated heterocycles. The number of nitrogens with zero attached hydrogens (tertiary/aromatic N) is 3. The minimum absolute atomic E-state index is 0.111. The minimum Gasteiger partial charge on any atom is -0.478 e. The monoisotopic (exact) mass is 521 g/mol. The van der Waals surface area contributed by atoms with Gasteiger partial charge in [-0.05, 0) is 52.0 Å². The molecule has 0 aliphatic carbocycles. The molecule has 0 aliphatic rings. The van der Waals surface area contributed by atoms with Crippen molar-refractivity contribution in [1.29, 1.82) is 0 Å². The van der Waals surface area contributed by atoms with Gasteiger partial charge in [-0.3, -0.25) is 0 Å². The molecule has 0 aliphatic heterocycles. The van der Waals surface area contributed by atoms with Crippen molar-refractivity contribution in [2.75, 3.05) is 0 Å². The van der Waals surface area contributed by atoms with Gasteiger partial charge in [-0.25, -0.2) is 23.9 Å². The summed E-state index contributed by atoms with van der Waals surface area (Å²) in [4.78, 5) is 34.9. The first-order valence-corrected chi connectivity index (χ1v) is 11.1. The number of amides is 1. The van der Waals surface area contributed by atoms with Crippen LogP contribution in [0.2, 0.25) is 0 Å². The molecule has 0 bridgehead atoms. The summed E-state index contributed by atoms with van der Waals surface area (Å²) in [7, 11) is 0. The number of H-pyrrole nitrogens is 1. The Balaban J connectivity index is 1.75. The number of ether oxygens (including phenoxy) is 1. The molecule has 13 heteroatoms. The van der Waals surface area contributed by atoms with E-state index in [-0.39, 0.29) is 22.6 Å². The van der Waals surface area contributed by atoms with E-state index in [1.165, 1.54) is 6.07 Å². The molecule has 0 saturated carbocycles. The highest BCUT2D eigenvalue weighted by Crippen LogP contribution is 2.32. The quantitative estimate of drug-likeness (QED) is 0.296. The Kier molecular flexibility index (Phi) is 6.34. The molecule has 1 aromatic carbocycles. The van der Waals surface area contributed by atoms with Gasteiger partial charge in [0.1, 0.15) is 23.6 Å². The van der Waals surface area contributed by atoms with Crippen molar-refractivity contribution in [3.05, 3.63) is 47.4 Å². The average Bonchev–Trinajstić information content (AvgIpc) is 3.31. The van der Waals surface area contributed by atoms with Crippen LogP contribution >= 0.6 is 0 Å². The molecule has 3 aromatic heterocycles. The van der Waals surface area contributed by atoms with Crippen LogP contribution < -0.4 is 5.32 Å². The second-order valence-corrected chi connectivity index (χ2v) is 9.49. The van der Waals surface area contributed by atoms with Crippen LogP contribution in [-0.4, -0.2) is 48.5 Å². The number of fused-ring (bicyclic) bond motifs is 2. The fraction of sp³-hybridized carbons (Fsp3) is 0.333. The zero-order valence-corrected chi connectivity index (χ0v) is 20.2. The molecule has 37 heavy (non-hydrogen) atoms. The minimum atomic E-state index is -4.66. The SMILES string of the molecule is CC(NC(=O)OC(C)(C)C)c1ccc2cc(-c3nc4cc(C(=O)O)c(F)cc4n3CC(F)(F)F)[nH]c2n1. The number of aromatic nitrogens is 4. The summed E-state index contributed by atoms with van der Waals surface area (Å²) in [5, 5.41) is 12.4. The Morgan fingerprint density at radius 2 is 1.86 bits per heavy atom. The fourth-order valence-electron chi connectivity index (χ4n) is 3.80. The van der Waals surface area contributed by atoms with Gasteiger partial charge in [-0.15, -0.1) is 0 Å². The number of alkyl halides is 3. The van der Waals surface area contributed by atoms with Gasteiger partial charge in [0.05, 0.1) is 34.0 Å². The normalized spacial score (nSPS) is 13.2. The number of alkyl carbamates (subject to hydrolysis) is 1. The van der Waals surface area contributed by atoms with Gasteiger partial charge in [-0.2, -0.15) is 13.2 Å². The van der Waals surface area contributed by atoms with E-state index in [0.717, 1.165) is 16.7 Å². The maximum atomic E-state index is 14.3. The predicted molar refractivity (Wildman–Crippen MR) is 126 cm³/mol. The number of carboxylic acid groups (broad SMARTS) is 1. The van der Waals surface area contributed by atoms with Crippen molar-refractivity contribution in [2.24, 2.45) is 0 Å². The zero-order chi connectivity index (χ0) is 27.3. The molecule has 196 valence electrons. The van der Waals surface area contributed by atoms with Crippen molar-refractivity contribution in [2.45, 2.75) is 52.1 Å². The Morgan fingerprint density at radius 3 is 2.49 bits per heavy atom. The van der Waals surface area contributed by atoms with E-state index >= 15 is 0 Å². The molecule has 9 nitrogen and oxygen atoms in total. The largest absolute Gasteiger partial charge is 0.478 e. The summed E-state index contributed by atoms with van der Waals surface area (Å²) in [6.07, 6.45) is -5.30. The Hall–Kier alpha value is -4.16. The lowest BCUT2D eigenvalue weighted by Gasteiger charge is -2.21. The standard InChI is InChI=1S/C24H23F4N5O4/c1-11(29-22(36)37-23(2,3)4)15-6-5-12-7-17(31-19(12)30-15)20-32-16-8-13(21(34)35)14(25)9-18(16)33(20)10-24(26,27)28/h5-9,11H,10H2,1-4H3,(H,29,36)(H,30,31)(H,34,35). The van der Waals surface area contributed by atoms with Gasteiger partial charge in [0, 0.05) is 11.5 Å². The van der Waals surface area contributed by atoms with Gasteiger partial charge in [0.2, 0.25) is 0 Å². The number of benzene rings is 1. The Labute approximate surface area is 207 Å². The van der Waals surface area contributed by atoms with Crippen LogP contribution in [0.15, 0.2) is 30.3 Å². The number of carbonyl (C=O) groups is 2. The number of imidazole rings is 1. The van der Waals surface area contributed by atoms with E-state index in [0.29, 0.717) is 16.7 Å². The van der Waals surface area contributed by atoms with Crippen molar-refractivity contribution in [1.82, 2.24) is 24.8 Å². The highest BCUT2D eigenvalue weighted by atomic mass is 19.4. The lowest BCUT2D eigenvalue weighted by atomic mass is 10.2. The van der Waals surface area contributed by atoms with Gasteiger partial charge < -0.3 is 24.7 Å². The average molecular weight is 521 g/mol. The number of carbonyl (C=O) groups excluding carboxylic acids is 1. The first-order valence-electron chi connectivity index (χ1n) is 11.1. The lowest BCUT2D eigenvalue weighted by Crippen LogP contribution is -2.34. The fourth-order valence-corrected chi connectivity index (χ4v) is 3.80. The third-order valence-corrected chi connectivity index (χ3v) is 5.32. The van der Waals surface area contributed by atoms with E-state index in [9.17, 15) is 32.3 Å². The molecule has 0 fully saturated rings. The van der Waals surface area contributed by atoms with E-state index < -0.39 is 47.8 Å². The van der Waals surface area contributed by atoms with E-state index in [4.69, 9.17) is 4.74 Å². The number of hydrogen-bond acceptors (Lipinski definition) is 5. The van der Waals surface area contributed by atoms with Crippen LogP contribution in [-0.2, 0) is 11.3 Å². The topological polar surface area (TPSA) is 122 Å². The number of aromatic carboxylic acids is 1. The molecular weight excluding hydrogens is 498 g/mol. The summed E-state index contributed by atoms with van der Waals surface area (Å²) in [5.41, 5.74) is -0.781. The van der Waals surface area contributed by atoms with Crippen LogP contribution in [0.25, 0.3) is 33.6 Å². The maximum absolute atomic E-state index is 14.3. The molecule has 0 spiro atoms. The lowest BCUT2D eigenvalue weighted by molar-refractivity contribution is -0.139. The van der Waals surface area contributed by atoms with Crippen molar-refractivity contribution in [3.8, 4) is 11.5 Å². The molecule has 1 unspecified atom stereocenters. The van der Waals surface area contributed by atoms with Crippen LogP contribution in [0, 0.1) is 5.82 Å². The molecule has 3 heterocycles. The van der Waals surface area contributed by atoms with Gasteiger partial charge in [-0.1, -0.05) is 0 Å². The highest BCUT2D eigenvalue weighted by molar-refractivity contribution is 5.94. The van der Waals surface area contributed by atoms with Gasteiger partial charge in [0.25, 0.3) is 0 Å². The molecule has 3 N–H and O–H groups in total. The number of aromatic amines is 1. The second-order valence-electron chi connectivity index (χ2n) is 9.49. The van der Waals surface area contributed by atoms with Crippen molar-refractivity contribution < 1.29 is 37.0 Å². The van der Waals surface area contributed by atoms with Crippen molar-refractivity contribution >= 4 is 34.1 Å². The smallest absolute Gasteiger partial charge is 0.408 e.